The minimum Gasteiger partial charge on any atom is -0.385 e. The van der Waals surface area contributed by atoms with Crippen molar-refractivity contribution in [1.82, 2.24) is 40.5 Å². The van der Waals surface area contributed by atoms with Crippen LogP contribution in [0.25, 0.3) is 17.1 Å². The second-order valence-electron chi connectivity index (χ2n) is 10.9. The Bertz CT molecular complexity index is 1760. The van der Waals surface area contributed by atoms with Gasteiger partial charge in [0.15, 0.2) is 5.82 Å². The first-order valence-electron chi connectivity index (χ1n) is 15.0. The van der Waals surface area contributed by atoms with Gasteiger partial charge in [-0.1, -0.05) is 36.4 Å². The zero-order valence-electron chi connectivity index (χ0n) is 24.9. The minimum atomic E-state index is -0.667. The topological polar surface area (TPSA) is 202 Å². The van der Waals surface area contributed by atoms with E-state index >= 15 is 0 Å². The second-order valence-corrected chi connectivity index (χ2v) is 10.9. The van der Waals surface area contributed by atoms with Gasteiger partial charge in [0.1, 0.15) is 6.04 Å². The molecule has 2 aromatic heterocycles. The lowest BCUT2D eigenvalue weighted by Gasteiger charge is -2.29. The summed E-state index contributed by atoms with van der Waals surface area (Å²) in [7, 11) is 0. The molecule has 46 heavy (non-hydrogen) atoms. The van der Waals surface area contributed by atoms with Crippen LogP contribution in [-0.4, -0.2) is 79.2 Å². The third-order valence-electron chi connectivity index (χ3n) is 7.78. The summed E-state index contributed by atoms with van der Waals surface area (Å²) in [5.41, 5.74) is 9.84. The van der Waals surface area contributed by atoms with E-state index in [4.69, 9.17) is 5.73 Å². The predicted molar refractivity (Wildman–Crippen MR) is 169 cm³/mol. The van der Waals surface area contributed by atoms with Crippen LogP contribution in [0.3, 0.4) is 0 Å². The van der Waals surface area contributed by atoms with Crippen LogP contribution in [0.5, 0.6) is 0 Å². The lowest BCUT2D eigenvalue weighted by Crippen LogP contribution is -2.52. The molecule has 0 saturated carbocycles. The van der Waals surface area contributed by atoms with E-state index in [2.05, 4.69) is 41.5 Å². The molecular weight excluding hydrogens is 590 g/mol. The minimum absolute atomic E-state index is 0.104. The molecule has 0 radical (unpaired) electrons. The third-order valence-corrected chi connectivity index (χ3v) is 7.78. The number of amides is 4. The molecule has 6 N–H and O–H groups in total. The highest BCUT2D eigenvalue weighted by Gasteiger charge is 2.39. The number of hydrogen-bond acceptors (Lipinski definition) is 11. The number of nitrogens with one attached hydrogen (secondary N) is 4. The molecule has 6 rings (SSSR count). The number of rotatable bonds is 12. The molecule has 0 spiro atoms. The quantitative estimate of drug-likeness (QED) is 0.113. The lowest BCUT2D eigenvalue weighted by atomic mass is 10.0. The molecule has 2 aromatic carbocycles. The van der Waals surface area contributed by atoms with Crippen molar-refractivity contribution in [2.45, 2.75) is 38.3 Å². The maximum atomic E-state index is 13.0. The number of benzene rings is 2. The lowest BCUT2D eigenvalue weighted by molar-refractivity contribution is -0.137. The zero-order chi connectivity index (χ0) is 32.0. The first-order chi connectivity index (χ1) is 22.4. The molecule has 1 atom stereocenters. The van der Waals surface area contributed by atoms with Crippen molar-refractivity contribution in [2.75, 3.05) is 36.0 Å². The molecule has 236 valence electrons. The number of hydrogen-bond donors (Lipinski definition) is 5. The summed E-state index contributed by atoms with van der Waals surface area (Å²) in [6, 6.07) is 18.0. The first-order valence-corrected chi connectivity index (χ1v) is 15.0. The van der Waals surface area contributed by atoms with E-state index in [0.29, 0.717) is 56.2 Å². The normalized spacial score (nSPS) is 15.8. The molecule has 1 saturated heterocycles. The summed E-state index contributed by atoms with van der Waals surface area (Å²) >= 11 is 0. The van der Waals surface area contributed by atoms with Crippen LogP contribution in [-0.2, 0) is 20.9 Å². The number of nitrogen functional groups attached to an aromatic ring is 1. The highest BCUT2D eigenvalue weighted by Crippen LogP contribution is 2.32. The molecule has 4 heterocycles. The van der Waals surface area contributed by atoms with Crippen molar-refractivity contribution in [1.29, 1.82) is 0 Å². The summed E-state index contributed by atoms with van der Waals surface area (Å²) in [6.07, 6.45) is 1.39. The van der Waals surface area contributed by atoms with Gasteiger partial charge >= 0.3 is 0 Å². The maximum absolute atomic E-state index is 13.0. The van der Waals surface area contributed by atoms with E-state index in [9.17, 15) is 19.2 Å². The van der Waals surface area contributed by atoms with Crippen molar-refractivity contribution in [3.8, 4) is 17.1 Å². The van der Waals surface area contributed by atoms with Crippen molar-refractivity contribution in [3.05, 3.63) is 71.8 Å². The van der Waals surface area contributed by atoms with Crippen LogP contribution in [0, 0.1) is 0 Å². The number of nitrogens with zero attached hydrogens (tertiary/aromatic N) is 6. The van der Waals surface area contributed by atoms with E-state index < -0.39 is 11.9 Å². The van der Waals surface area contributed by atoms with Gasteiger partial charge < -0.3 is 26.6 Å². The molecule has 0 bridgehead atoms. The smallest absolute Gasteiger partial charge is 0.255 e. The van der Waals surface area contributed by atoms with Crippen molar-refractivity contribution in [3.63, 3.8) is 0 Å². The fraction of sp³-hybridized carbons (Fsp3) is 0.290. The fourth-order valence-electron chi connectivity index (χ4n) is 5.46. The van der Waals surface area contributed by atoms with Crippen molar-refractivity contribution < 1.29 is 19.2 Å². The standard InChI is InChI=1S/C31H33N11O4/c32-30-37-31(40-42(30)25-13-11-22(38-39-25)19-6-2-1-3-7-19)35-17-16-34-26(43)10-5-15-33-23-9-4-8-20-21(23)18-41(29(20)46)24-12-14-27(44)36-28(24)45/h1-4,6-9,11,13,24,33H,5,10,12,14-18H2,(H,34,43)(H,36,44,45)(H3,32,35,37,40). The van der Waals surface area contributed by atoms with Crippen LogP contribution in [0.4, 0.5) is 17.6 Å². The van der Waals surface area contributed by atoms with Crippen molar-refractivity contribution in [2.24, 2.45) is 0 Å². The largest absolute Gasteiger partial charge is 0.385 e. The molecule has 1 unspecified atom stereocenters. The van der Waals surface area contributed by atoms with Gasteiger partial charge in [0.25, 0.3) is 5.91 Å². The molecule has 4 aromatic rings. The number of carbonyl (C=O) groups excluding carboxylic acids is 4. The molecule has 2 aliphatic rings. The van der Waals surface area contributed by atoms with Gasteiger partial charge in [-0.25, -0.2) is 0 Å². The molecular formula is C31H33N11O4. The Morgan fingerprint density at radius 3 is 2.59 bits per heavy atom. The number of imide groups is 1. The zero-order valence-corrected chi connectivity index (χ0v) is 24.9. The number of piperidine rings is 1. The number of aromatic nitrogens is 5. The van der Waals surface area contributed by atoms with Gasteiger partial charge in [0.2, 0.25) is 29.6 Å². The molecule has 1 fully saturated rings. The summed E-state index contributed by atoms with van der Waals surface area (Å²) < 4.78 is 1.39. The number of nitrogens with two attached hydrogens (primary N) is 1. The van der Waals surface area contributed by atoms with Gasteiger partial charge in [0.05, 0.1) is 5.69 Å². The third kappa shape index (κ3) is 6.62. The van der Waals surface area contributed by atoms with Crippen LogP contribution < -0.4 is 27.0 Å². The van der Waals surface area contributed by atoms with E-state index in [1.54, 1.807) is 18.2 Å². The first kappa shape index (κ1) is 30.2. The number of anilines is 3. The van der Waals surface area contributed by atoms with Gasteiger partial charge in [-0.3, -0.25) is 24.5 Å². The average Bonchev–Trinajstić information content (AvgIpc) is 3.61. The number of fused-ring (bicyclic) bond motifs is 1. The summed E-state index contributed by atoms with van der Waals surface area (Å²) in [5, 5.41) is 24.4. The van der Waals surface area contributed by atoms with Crippen LogP contribution in [0.1, 0.15) is 41.6 Å². The van der Waals surface area contributed by atoms with Crippen LogP contribution in [0.2, 0.25) is 0 Å². The molecule has 0 aliphatic carbocycles. The molecule has 4 amide bonds. The molecule has 2 aliphatic heterocycles. The van der Waals surface area contributed by atoms with E-state index in [-0.39, 0.29) is 36.6 Å². The van der Waals surface area contributed by atoms with E-state index in [1.165, 1.54) is 9.58 Å². The van der Waals surface area contributed by atoms with Gasteiger partial charge in [-0.15, -0.1) is 15.3 Å². The van der Waals surface area contributed by atoms with E-state index in [0.717, 1.165) is 22.5 Å². The number of carbonyl (C=O) groups is 4. The van der Waals surface area contributed by atoms with Crippen LogP contribution in [0.15, 0.2) is 60.7 Å². The van der Waals surface area contributed by atoms with Gasteiger partial charge in [0, 0.05) is 61.4 Å². The Morgan fingerprint density at radius 2 is 1.80 bits per heavy atom. The Hall–Kier alpha value is -5.86. The summed E-state index contributed by atoms with van der Waals surface area (Å²) in [4.78, 5) is 55.0. The Morgan fingerprint density at radius 1 is 0.957 bits per heavy atom. The van der Waals surface area contributed by atoms with Crippen molar-refractivity contribution >= 4 is 41.2 Å². The van der Waals surface area contributed by atoms with Gasteiger partial charge in [-0.2, -0.15) is 9.67 Å². The fourth-order valence-corrected chi connectivity index (χ4v) is 5.46. The summed E-state index contributed by atoms with van der Waals surface area (Å²) in [5.74, 6) is -0.210. The predicted octanol–water partition coefficient (Wildman–Crippen LogP) is 1.49. The Labute approximate surface area is 264 Å². The SMILES string of the molecule is Nc1nc(NCCNC(=O)CCCNc2cccc3c2CN(C2CCC(=O)NC2=O)C3=O)nn1-c1ccc(-c2ccccc2)nn1. The Balaban J connectivity index is 0.917. The molecule has 15 nitrogen and oxygen atoms in total. The highest BCUT2D eigenvalue weighted by atomic mass is 16.2. The van der Waals surface area contributed by atoms with Crippen LogP contribution >= 0.6 is 0 Å². The second kappa shape index (κ2) is 13.4. The maximum Gasteiger partial charge on any atom is 0.255 e. The average molecular weight is 624 g/mol. The monoisotopic (exact) mass is 623 g/mol. The van der Waals surface area contributed by atoms with Gasteiger partial charge in [-0.05, 0) is 37.1 Å². The summed E-state index contributed by atoms with van der Waals surface area (Å²) in [6.45, 7) is 1.55. The molecule has 15 heteroatoms. The highest BCUT2D eigenvalue weighted by molar-refractivity contribution is 6.06. The Kier molecular flexibility index (Phi) is 8.80. The van der Waals surface area contributed by atoms with E-state index in [1.807, 2.05) is 42.5 Å².